The maximum absolute atomic E-state index is 12.3. The van der Waals surface area contributed by atoms with Crippen LogP contribution < -0.4 is 11.1 Å². The molecule has 3 aromatic carbocycles. The van der Waals surface area contributed by atoms with Crippen LogP contribution in [-0.4, -0.2) is 10.9 Å². The van der Waals surface area contributed by atoms with Crippen LogP contribution in [0.1, 0.15) is 21.5 Å². The molecule has 0 aliphatic carbocycles. The number of carbonyl (C=O) groups excluding carboxylic acids is 1. The number of amides is 1. The number of nitrogens with one attached hydrogen (secondary N) is 1. The van der Waals surface area contributed by atoms with Crippen molar-refractivity contribution in [1.29, 1.82) is 0 Å². The number of benzene rings is 3. The summed E-state index contributed by atoms with van der Waals surface area (Å²) in [4.78, 5) is 17.8. The van der Waals surface area contributed by atoms with Gasteiger partial charge in [-0.25, -0.2) is 4.98 Å². The van der Waals surface area contributed by atoms with E-state index in [2.05, 4.69) is 22.4 Å². The Morgan fingerprint density at radius 2 is 1.79 bits per heavy atom. The number of rotatable bonds is 6. The molecule has 0 saturated heterocycles. The summed E-state index contributed by atoms with van der Waals surface area (Å²) in [6.07, 6.45) is 0. The Kier molecular flexibility index (Phi) is 5.60. The van der Waals surface area contributed by atoms with Gasteiger partial charge in [0.15, 0.2) is 5.13 Å². The lowest BCUT2D eigenvalue weighted by Crippen LogP contribution is -2.22. The van der Waals surface area contributed by atoms with Crippen molar-refractivity contribution in [3.05, 3.63) is 89.5 Å². The molecule has 0 fully saturated rings. The van der Waals surface area contributed by atoms with E-state index in [1.807, 2.05) is 60.7 Å². The minimum absolute atomic E-state index is 0.0590. The fourth-order valence-corrected chi connectivity index (χ4v) is 4.55. The van der Waals surface area contributed by atoms with E-state index in [4.69, 9.17) is 5.73 Å². The van der Waals surface area contributed by atoms with Crippen LogP contribution in [0.4, 0.5) is 5.13 Å². The fraction of sp³-hybridized carbons (Fsp3) is 0.0909. The number of hydrogen-bond donors (Lipinski definition) is 2. The van der Waals surface area contributed by atoms with Gasteiger partial charge in [0.25, 0.3) is 5.91 Å². The first-order valence-electron chi connectivity index (χ1n) is 8.87. The number of carbonyl (C=O) groups is 1. The van der Waals surface area contributed by atoms with E-state index in [9.17, 15) is 4.79 Å². The Labute approximate surface area is 171 Å². The van der Waals surface area contributed by atoms with E-state index in [1.165, 1.54) is 21.8 Å². The van der Waals surface area contributed by atoms with Crippen molar-refractivity contribution in [3.63, 3.8) is 0 Å². The number of thiazole rings is 1. The normalized spacial score (nSPS) is 10.9. The second-order valence-electron chi connectivity index (χ2n) is 6.34. The van der Waals surface area contributed by atoms with Gasteiger partial charge >= 0.3 is 0 Å². The summed E-state index contributed by atoms with van der Waals surface area (Å²) in [6.45, 7) is 0.530. The SMILES string of the molecule is Nc1nc2ccc(SCc3ccc(C(=O)NCc4ccccc4)cc3)cc2s1. The van der Waals surface area contributed by atoms with Crippen LogP contribution >= 0.6 is 23.1 Å². The Hall–Kier alpha value is -2.83. The van der Waals surface area contributed by atoms with Gasteiger partial charge in [0.2, 0.25) is 0 Å². The summed E-state index contributed by atoms with van der Waals surface area (Å²) in [5.41, 5.74) is 9.64. The number of hydrogen-bond acceptors (Lipinski definition) is 5. The van der Waals surface area contributed by atoms with Crippen LogP contribution in [-0.2, 0) is 12.3 Å². The molecule has 140 valence electrons. The number of fused-ring (bicyclic) bond motifs is 1. The maximum Gasteiger partial charge on any atom is 0.251 e. The topological polar surface area (TPSA) is 68.0 Å². The summed E-state index contributed by atoms with van der Waals surface area (Å²) >= 11 is 3.26. The van der Waals surface area contributed by atoms with Gasteiger partial charge in [0, 0.05) is 22.8 Å². The first kappa shape index (κ1) is 18.5. The number of nitrogens with two attached hydrogens (primary N) is 1. The van der Waals surface area contributed by atoms with E-state index in [0.717, 1.165) is 21.5 Å². The summed E-state index contributed by atoms with van der Waals surface area (Å²) in [5, 5.41) is 3.55. The average molecular weight is 406 g/mol. The molecule has 0 aliphatic rings. The van der Waals surface area contributed by atoms with E-state index >= 15 is 0 Å². The maximum atomic E-state index is 12.3. The molecular formula is C22H19N3OS2. The fourth-order valence-electron chi connectivity index (χ4n) is 2.81. The summed E-state index contributed by atoms with van der Waals surface area (Å²) in [6, 6.07) is 23.9. The predicted octanol–water partition coefficient (Wildman–Crippen LogP) is 5.10. The van der Waals surface area contributed by atoms with Gasteiger partial charge in [0.1, 0.15) is 0 Å². The number of anilines is 1. The van der Waals surface area contributed by atoms with Crippen LogP contribution in [0, 0.1) is 0 Å². The van der Waals surface area contributed by atoms with Crippen molar-refractivity contribution in [2.24, 2.45) is 0 Å². The Balaban J connectivity index is 1.34. The van der Waals surface area contributed by atoms with Crippen LogP contribution in [0.15, 0.2) is 77.7 Å². The van der Waals surface area contributed by atoms with Crippen molar-refractivity contribution in [1.82, 2.24) is 10.3 Å². The molecule has 6 heteroatoms. The highest BCUT2D eigenvalue weighted by atomic mass is 32.2. The van der Waals surface area contributed by atoms with Gasteiger partial charge in [0.05, 0.1) is 10.2 Å². The molecule has 4 aromatic rings. The smallest absolute Gasteiger partial charge is 0.251 e. The van der Waals surface area contributed by atoms with Crippen LogP contribution in [0.5, 0.6) is 0 Å². The van der Waals surface area contributed by atoms with E-state index in [-0.39, 0.29) is 5.91 Å². The first-order chi connectivity index (χ1) is 13.7. The van der Waals surface area contributed by atoms with Crippen molar-refractivity contribution in [3.8, 4) is 0 Å². The number of nitrogen functional groups attached to an aromatic ring is 1. The third-order valence-corrected chi connectivity index (χ3v) is 6.21. The van der Waals surface area contributed by atoms with E-state index < -0.39 is 0 Å². The number of aromatic nitrogens is 1. The predicted molar refractivity (Wildman–Crippen MR) is 118 cm³/mol. The zero-order valence-corrected chi connectivity index (χ0v) is 16.7. The lowest BCUT2D eigenvalue weighted by atomic mass is 10.1. The minimum Gasteiger partial charge on any atom is -0.375 e. The van der Waals surface area contributed by atoms with Gasteiger partial charge in [-0.2, -0.15) is 0 Å². The second-order valence-corrected chi connectivity index (χ2v) is 8.45. The summed E-state index contributed by atoms with van der Waals surface area (Å²) in [7, 11) is 0. The third kappa shape index (κ3) is 4.52. The van der Waals surface area contributed by atoms with Crippen molar-refractivity contribution in [2.75, 3.05) is 5.73 Å². The Bertz CT molecular complexity index is 1090. The van der Waals surface area contributed by atoms with Gasteiger partial charge < -0.3 is 11.1 Å². The summed E-state index contributed by atoms with van der Waals surface area (Å²) in [5.74, 6) is 0.780. The zero-order chi connectivity index (χ0) is 19.3. The molecule has 3 N–H and O–H groups in total. The van der Waals surface area contributed by atoms with Crippen LogP contribution in [0.25, 0.3) is 10.2 Å². The molecule has 0 spiro atoms. The molecule has 0 bridgehead atoms. The lowest BCUT2D eigenvalue weighted by Gasteiger charge is -2.07. The van der Waals surface area contributed by atoms with Crippen LogP contribution in [0.2, 0.25) is 0 Å². The molecule has 0 radical (unpaired) electrons. The number of thioether (sulfide) groups is 1. The standard InChI is InChI=1S/C22H19N3OS2/c23-22-25-19-11-10-18(12-20(19)28-22)27-14-16-6-8-17(9-7-16)21(26)24-13-15-4-2-1-3-5-15/h1-12H,13-14H2,(H2,23,25)(H,24,26). The highest BCUT2D eigenvalue weighted by molar-refractivity contribution is 7.98. The third-order valence-electron chi connectivity index (χ3n) is 4.29. The molecule has 1 amide bonds. The van der Waals surface area contributed by atoms with Gasteiger partial charge in [-0.3, -0.25) is 4.79 Å². The quantitative estimate of drug-likeness (QED) is 0.438. The van der Waals surface area contributed by atoms with E-state index in [0.29, 0.717) is 17.2 Å². The van der Waals surface area contributed by atoms with Crippen molar-refractivity contribution < 1.29 is 4.79 Å². The Morgan fingerprint density at radius 3 is 2.57 bits per heavy atom. The molecule has 0 saturated carbocycles. The Morgan fingerprint density at radius 1 is 1.00 bits per heavy atom. The molecule has 0 aliphatic heterocycles. The van der Waals surface area contributed by atoms with Crippen molar-refractivity contribution in [2.45, 2.75) is 17.2 Å². The minimum atomic E-state index is -0.0590. The highest BCUT2D eigenvalue weighted by Crippen LogP contribution is 2.30. The van der Waals surface area contributed by atoms with E-state index in [1.54, 1.807) is 11.8 Å². The average Bonchev–Trinajstić information content (AvgIpc) is 3.11. The second kappa shape index (κ2) is 8.46. The molecule has 1 aromatic heterocycles. The van der Waals surface area contributed by atoms with Crippen molar-refractivity contribution >= 4 is 44.4 Å². The number of nitrogens with zero attached hydrogens (tertiary/aromatic N) is 1. The molecule has 4 nitrogen and oxygen atoms in total. The summed E-state index contributed by atoms with van der Waals surface area (Å²) < 4.78 is 1.10. The van der Waals surface area contributed by atoms with Gasteiger partial charge in [-0.1, -0.05) is 53.8 Å². The van der Waals surface area contributed by atoms with Gasteiger partial charge in [-0.05, 0) is 41.5 Å². The molecule has 0 unspecified atom stereocenters. The molecule has 28 heavy (non-hydrogen) atoms. The van der Waals surface area contributed by atoms with Crippen LogP contribution in [0.3, 0.4) is 0 Å². The monoisotopic (exact) mass is 405 g/mol. The first-order valence-corrected chi connectivity index (χ1v) is 10.7. The highest BCUT2D eigenvalue weighted by Gasteiger charge is 2.06. The molecular weight excluding hydrogens is 386 g/mol. The molecule has 0 atom stereocenters. The lowest BCUT2D eigenvalue weighted by molar-refractivity contribution is 0.0951. The largest absolute Gasteiger partial charge is 0.375 e. The molecule has 1 heterocycles. The zero-order valence-electron chi connectivity index (χ0n) is 15.1. The molecule has 4 rings (SSSR count). The van der Waals surface area contributed by atoms with Gasteiger partial charge in [-0.15, -0.1) is 11.8 Å².